The predicted octanol–water partition coefficient (Wildman–Crippen LogP) is 4.00. The zero-order valence-corrected chi connectivity index (χ0v) is 10.5. The molecular weight excluding hydrogens is 234 g/mol. The zero-order chi connectivity index (χ0) is 13.1. The summed E-state index contributed by atoms with van der Waals surface area (Å²) in [4.78, 5) is 0. The van der Waals surface area contributed by atoms with Crippen molar-refractivity contribution in [1.82, 2.24) is 0 Å². The SMILES string of the molecule is Nc1cccc2cc(OCc3ccccc3)ccc12. The van der Waals surface area contributed by atoms with Crippen molar-refractivity contribution in [2.75, 3.05) is 5.73 Å². The molecule has 0 aliphatic rings. The maximum absolute atomic E-state index is 5.93. The number of hydrogen-bond donors (Lipinski definition) is 1. The average molecular weight is 249 g/mol. The summed E-state index contributed by atoms with van der Waals surface area (Å²) in [5, 5.41) is 2.17. The molecule has 0 spiro atoms. The number of hydrogen-bond acceptors (Lipinski definition) is 2. The van der Waals surface area contributed by atoms with Gasteiger partial charge in [-0.05, 0) is 35.2 Å². The van der Waals surface area contributed by atoms with E-state index in [9.17, 15) is 0 Å². The van der Waals surface area contributed by atoms with E-state index in [0.717, 1.165) is 27.8 Å². The fourth-order valence-corrected chi connectivity index (χ4v) is 2.12. The van der Waals surface area contributed by atoms with Crippen molar-refractivity contribution in [2.24, 2.45) is 0 Å². The second kappa shape index (κ2) is 5.02. The van der Waals surface area contributed by atoms with Crippen LogP contribution in [0.25, 0.3) is 10.8 Å². The molecule has 0 amide bonds. The molecule has 3 aromatic rings. The molecule has 3 aromatic carbocycles. The van der Waals surface area contributed by atoms with Crippen molar-refractivity contribution in [1.29, 1.82) is 0 Å². The Hall–Kier alpha value is -2.48. The van der Waals surface area contributed by atoms with Crippen LogP contribution in [0.1, 0.15) is 5.56 Å². The quantitative estimate of drug-likeness (QED) is 0.712. The molecule has 0 unspecified atom stereocenters. The fraction of sp³-hybridized carbons (Fsp3) is 0.0588. The second-order valence-corrected chi connectivity index (χ2v) is 4.50. The Balaban J connectivity index is 1.82. The smallest absolute Gasteiger partial charge is 0.120 e. The molecule has 2 nitrogen and oxygen atoms in total. The number of nitrogens with two attached hydrogens (primary N) is 1. The minimum atomic E-state index is 0.578. The first-order chi connectivity index (χ1) is 9.33. The standard InChI is InChI=1S/C17H15NO/c18-17-8-4-7-14-11-15(9-10-16(14)17)19-12-13-5-2-1-3-6-13/h1-11H,12,18H2. The lowest BCUT2D eigenvalue weighted by Gasteiger charge is -2.08. The Bertz CT molecular complexity index is 692. The van der Waals surface area contributed by atoms with Crippen LogP contribution >= 0.6 is 0 Å². The summed E-state index contributed by atoms with van der Waals surface area (Å²) in [6.07, 6.45) is 0. The van der Waals surface area contributed by atoms with Crippen LogP contribution in [0, 0.1) is 0 Å². The molecular formula is C17H15NO. The van der Waals surface area contributed by atoms with E-state index in [0.29, 0.717) is 6.61 Å². The summed E-state index contributed by atoms with van der Waals surface area (Å²) >= 11 is 0. The van der Waals surface area contributed by atoms with Gasteiger partial charge in [0.1, 0.15) is 12.4 Å². The van der Waals surface area contributed by atoms with E-state index in [1.807, 2.05) is 54.6 Å². The number of anilines is 1. The minimum Gasteiger partial charge on any atom is -0.489 e. The highest BCUT2D eigenvalue weighted by molar-refractivity contribution is 5.93. The van der Waals surface area contributed by atoms with Crippen LogP contribution in [-0.2, 0) is 6.61 Å². The Labute approximate surface area is 112 Å². The molecule has 3 rings (SSSR count). The lowest BCUT2D eigenvalue weighted by molar-refractivity contribution is 0.306. The molecule has 94 valence electrons. The van der Waals surface area contributed by atoms with Gasteiger partial charge in [0, 0.05) is 11.1 Å². The summed E-state index contributed by atoms with van der Waals surface area (Å²) in [7, 11) is 0. The van der Waals surface area contributed by atoms with E-state index < -0.39 is 0 Å². The molecule has 0 aliphatic heterocycles. The molecule has 0 heterocycles. The molecule has 0 saturated heterocycles. The Morgan fingerprint density at radius 3 is 2.53 bits per heavy atom. The maximum atomic E-state index is 5.93. The van der Waals surface area contributed by atoms with E-state index >= 15 is 0 Å². The minimum absolute atomic E-state index is 0.578. The topological polar surface area (TPSA) is 35.2 Å². The van der Waals surface area contributed by atoms with Gasteiger partial charge >= 0.3 is 0 Å². The second-order valence-electron chi connectivity index (χ2n) is 4.50. The van der Waals surface area contributed by atoms with Gasteiger partial charge in [0.05, 0.1) is 0 Å². The molecule has 2 N–H and O–H groups in total. The molecule has 0 atom stereocenters. The summed E-state index contributed by atoms with van der Waals surface area (Å²) < 4.78 is 5.80. The van der Waals surface area contributed by atoms with E-state index in [2.05, 4.69) is 12.1 Å². The van der Waals surface area contributed by atoms with Crippen LogP contribution in [0.3, 0.4) is 0 Å². The molecule has 19 heavy (non-hydrogen) atoms. The van der Waals surface area contributed by atoms with Gasteiger partial charge in [-0.15, -0.1) is 0 Å². The number of fused-ring (bicyclic) bond motifs is 1. The van der Waals surface area contributed by atoms with Crippen LogP contribution in [0.5, 0.6) is 5.75 Å². The van der Waals surface area contributed by atoms with E-state index in [1.54, 1.807) is 0 Å². The summed E-state index contributed by atoms with van der Waals surface area (Å²) in [5.74, 6) is 0.863. The molecule has 2 heteroatoms. The highest BCUT2D eigenvalue weighted by Gasteiger charge is 2.00. The first kappa shape index (κ1) is 11.6. The molecule has 0 radical (unpaired) electrons. The van der Waals surface area contributed by atoms with Crippen molar-refractivity contribution in [3.05, 3.63) is 72.3 Å². The predicted molar refractivity (Wildman–Crippen MR) is 79.1 cm³/mol. The van der Waals surface area contributed by atoms with Gasteiger partial charge in [-0.3, -0.25) is 0 Å². The summed E-state index contributed by atoms with van der Waals surface area (Å²) in [6, 6.07) is 22.0. The van der Waals surface area contributed by atoms with Crippen LogP contribution in [0.2, 0.25) is 0 Å². The van der Waals surface area contributed by atoms with E-state index in [-0.39, 0.29) is 0 Å². The normalized spacial score (nSPS) is 10.5. The maximum Gasteiger partial charge on any atom is 0.120 e. The molecule has 0 fully saturated rings. The monoisotopic (exact) mass is 249 g/mol. The molecule has 0 saturated carbocycles. The number of rotatable bonds is 3. The van der Waals surface area contributed by atoms with Gasteiger partial charge in [0.2, 0.25) is 0 Å². The van der Waals surface area contributed by atoms with Crippen LogP contribution in [0.4, 0.5) is 5.69 Å². The van der Waals surface area contributed by atoms with Crippen molar-refractivity contribution in [3.63, 3.8) is 0 Å². The van der Waals surface area contributed by atoms with Crippen molar-refractivity contribution in [2.45, 2.75) is 6.61 Å². The van der Waals surface area contributed by atoms with Gasteiger partial charge in [-0.1, -0.05) is 42.5 Å². The largest absolute Gasteiger partial charge is 0.489 e. The lowest BCUT2D eigenvalue weighted by atomic mass is 10.1. The lowest BCUT2D eigenvalue weighted by Crippen LogP contribution is -1.95. The first-order valence-corrected chi connectivity index (χ1v) is 6.28. The van der Waals surface area contributed by atoms with Gasteiger partial charge in [0.25, 0.3) is 0 Å². The molecule has 0 aliphatic carbocycles. The Morgan fingerprint density at radius 1 is 0.842 bits per heavy atom. The van der Waals surface area contributed by atoms with Gasteiger partial charge in [0.15, 0.2) is 0 Å². The highest BCUT2D eigenvalue weighted by Crippen LogP contribution is 2.25. The van der Waals surface area contributed by atoms with Crippen molar-refractivity contribution in [3.8, 4) is 5.75 Å². The number of ether oxygens (including phenoxy) is 1. The third kappa shape index (κ3) is 2.52. The first-order valence-electron chi connectivity index (χ1n) is 6.28. The van der Waals surface area contributed by atoms with Gasteiger partial charge in [-0.25, -0.2) is 0 Å². The van der Waals surface area contributed by atoms with Crippen molar-refractivity contribution >= 4 is 16.5 Å². The van der Waals surface area contributed by atoms with Crippen LogP contribution < -0.4 is 10.5 Å². The highest BCUT2D eigenvalue weighted by atomic mass is 16.5. The number of nitrogen functional groups attached to an aromatic ring is 1. The number of benzene rings is 3. The fourth-order valence-electron chi connectivity index (χ4n) is 2.12. The van der Waals surface area contributed by atoms with Gasteiger partial charge in [-0.2, -0.15) is 0 Å². The van der Waals surface area contributed by atoms with Crippen LogP contribution in [0.15, 0.2) is 66.7 Å². The average Bonchev–Trinajstić information content (AvgIpc) is 2.46. The van der Waals surface area contributed by atoms with Gasteiger partial charge < -0.3 is 10.5 Å². The summed E-state index contributed by atoms with van der Waals surface area (Å²) in [6.45, 7) is 0.578. The third-order valence-electron chi connectivity index (χ3n) is 3.13. The zero-order valence-electron chi connectivity index (χ0n) is 10.5. The van der Waals surface area contributed by atoms with E-state index in [1.165, 1.54) is 0 Å². The van der Waals surface area contributed by atoms with E-state index in [4.69, 9.17) is 10.5 Å². The van der Waals surface area contributed by atoms with Crippen molar-refractivity contribution < 1.29 is 4.74 Å². The third-order valence-corrected chi connectivity index (χ3v) is 3.13. The Kier molecular flexibility index (Phi) is 3.07. The Morgan fingerprint density at radius 2 is 1.68 bits per heavy atom. The summed E-state index contributed by atoms with van der Waals surface area (Å²) in [5.41, 5.74) is 7.89. The molecule has 0 aromatic heterocycles. The molecule has 0 bridgehead atoms. The van der Waals surface area contributed by atoms with Crippen LogP contribution in [-0.4, -0.2) is 0 Å².